The van der Waals surface area contributed by atoms with Crippen molar-refractivity contribution in [3.8, 4) is 11.5 Å². The van der Waals surface area contributed by atoms with Crippen molar-refractivity contribution >= 4 is 5.91 Å². The van der Waals surface area contributed by atoms with Gasteiger partial charge in [0.25, 0.3) is 0 Å². The van der Waals surface area contributed by atoms with E-state index in [1.165, 1.54) is 0 Å². The maximum atomic E-state index is 12.8. The molecule has 1 aliphatic rings. The standard InChI is InChI=1S/C22H26N4O3/c1-14(2)20-24-22(29-25-20)17-9-11-26(12-10-17)19(27)13-18-15(3)28-21(23-18)16-7-5-4-6-8-16/h4-8,14,17H,9-13H2,1-3H3. The van der Waals surface area contributed by atoms with Crippen LogP contribution in [-0.2, 0) is 11.2 Å². The summed E-state index contributed by atoms with van der Waals surface area (Å²) in [6, 6.07) is 9.73. The van der Waals surface area contributed by atoms with Crippen LogP contribution in [0.4, 0.5) is 0 Å². The van der Waals surface area contributed by atoms with Crippen molar-refractivity contribution in [3.05, 3.63) is 53.5 Å². The van der Waals surface area contributed by atoms with Crippen LogP contribution in [-0.4, -0.2) is 39.0 Å². The number of carbonyl (C=O) groups is 1. The van der Waals surface area contributed by atoms with E-state index in [2.05, 4.69) is 15.1 Å². The number of oxazole rings is 1. The van der Waals surface area contributed by atoms with E-state index in [0.717, 1.165) is 24.2 Å². The number of rotatable bonds is 5. The Balaban J connectivity index is 1.36. The van der Waals surface area contributed by atoms with Gasteiger partial charge in [0, 0.05) is 30.5 Å². The van der Waals surface area contributed by atoms with Gasteiger partial charge in [-0.05, 0) is 31.9 Å². The maximum Gasteiger partial charge on any atom is 0.229 e. The van der Waals surface area contributed by atoms with Gasteiger partial charge in [0.05, 0.1) is 12.1 Å². The van der Waals surface area contributed by atoms with Gasteiger partial charge < -0.3 is 13.8 Å². The summed E-state index contributed by atoms with van der Waals surface area (Å²) in [6.45, 7) is 7.32. The molecule has 7 nitrogen and oxygen atoms in total. The molecule has 0 N–H and O–H groups in total. The zero-order valence-electron chi connectivity index (χ0n) is 17.1. The molecular weight excluding hydrogens is 368 g/mol. The van der Waals surface area contributed by atoms with Crippen LogP contribution in [0.5, 0.6) is 0 Å². The third-order valence-electron chi connectivity index (χ3n) is 5.40. The van der Waals surface area contributed by atoms with Crippen LogP contribution in [0.15, 0.2) is 39.3 Å². The zero-order valence-corrected chi connectivity index (χ0v) is 17.1. The van der Waals surface area contributed by atoms with E-state index in [0.29, 0.717) is 36.3 Å². The quantitative estimate of drug-likeness (QED) is 0.647. The van der Waals surface area contributed by atoms with Crippen LogP contribution in [0.1, 0.15) is 61.7 Å². The lowest BCUT2D eigenvalue weighted by Crippen LogP contribution is -2.39. The SMILES string of the molecule is Cc1oc(-c2ccccc2)nc1CC(=O)N1CCC(c2nc(C(C)C)no2)CC1. The molecule has 0 spiro atoms. The van der Waals surface area contributed by atoms with Crippen molar-refractivity contribution in [2.24, 2.45) is 0 Å². The minimum atomic E-state index is 0.0767. The first-order valence-corrected chi connectivity index (χ1v) is 10.1. The van der Waals surface area contributed by atoms with Crippen molar-refractivity contribution in [1.82, 2.24) is 20.0 Å². The van der Waals surface area contributed by atoms with Crippen LogP contribution in [0.3, 0.4) is 0 Å². The van der Waals surface area contributed by atoms with Gasteiger partial charge in [-0.2, -0.15) is 4.98 Å². The Morgan fingerprint density at radius 1 is 1.17 bits per heavy atom. The highest BCUT2D eigenvalue weighted by molar-refractivity contribution is 5.78. The Morgan fingerprint density at radius 3 is 2.55 bits per heavy atom. The number of carbonyl (C=O) groups excluding carboxylic acids is 1. The van der Waals surface area contributed by atoms with Gasteiger partial charge in [0.2, 0.25) is 17.7 Å². The molecule has 0 unspecified atom stereocenters. The van der Waals surface area contributed by atoms with Gasteiger partial charge in [0.1, 0.15) is 5.76 Å². The largest absolute Gasteiger partial charge is 0.441 e. The van der Waals surface area contributed by atoms with Crippen LogP contribution < -0.4 is 0 Å². The van der Waals surface area contributed by atoms with Crippen molar-refractivity contribution in [2.45, 2.75) is 51.9 Å². The van der Waals surface area contributed by atoms with Gasteiger partial charge in [-0.25, -0.2) is 4.98 Å². The Hall–Kier alpha value is -2.96. The first-order chi connectivity index (χ1) is 14.0. The molecule has 29 heavy (non-hydrogen) atoms. The third kappa shape index (κ3) is 4.23. The van der Waals surface area contributed by atoms with E-state index in [4.69, 9.17) is 8.94 Å². The van der Waals surface area contributed by atoms with Crippen LogP contribution in [0, 0.1) is 6.92 Å². The number of hydrogen-bond donors (Lipinski definition) is 0. The molecule has 0 aliphatic carbocycles. The molecule has 1 aliphatic heterocycles. The molecular formula is C22H26N4O3. The lowest BCUT2D eigenvalue weighted by molar-refractivity contribution is -0.131. The molecule has 1 amide bonds. The second-order valence-corrected chi connectivity index (χ2v) is 7.87. The molecule has 2 aromatic heterocycles. The lowest BCUT2D eigenvalue weighted by Gasteiger charge is -2.30. The van der Waals surface area contributed by atoms with E-state index >= 15 is 0 Å². The summed E-state index contributed by atoms with van der Waals surface area (Å²) >= 11 is 0. The molecule has 1 aromatic carbocycles. The molecule has 0 radical (unpaired) electrons. The van der Waals surface area contributed by atoms with Crippen LogP contribution in [0.2, 0.25) is 0 Å². The number of likely N-dealkylation sites (tertiary alicyclic amines) is 1. The lowest BCUT2D eigenvalue weighted by atomic mass is 9.96. The fourth-order valence-electron chi connectivity index (χ4n) is 3.57. The first-order valence-electron chi connectivity index (χ1n) is 10.1. The third-order valence-corrected chi connectivity index (χ3v) is 5.40. The molecule has 152 valence electrons. The smallest absolute Gasteiger partial charge is 0.229 e. The van der Waals surface area contributed by atoms with Gasteiger partial charge in [0.15, 0.2) is 5.82 Å². The number of aryl methyl sites for hydroxylation is 1. The van der Waals surface area contributed by atoms with Crippen molar-refractivity contribution in [1.29, 1.82) is 0 Å². The average molecular weight is 394 g/mol. The highest BCUT2D eigenvalue weighted by atomic mass is 16.5. The van der Waals surface area contributed by atoms with Gasteiger partial charge in [-0.3, -0.25) is 4.79 Å². The summed E-state index contributed by atoms with van der Waals surface area (Å²) < 4.78 is 11.2. The minimum Gasteiger partial charge on any atom is -0.441 e. The molecule has 3 heterocycles. The molecule has 1 fully saturated rings. The Kier molecular flexibility index (Phi) is 5.47. The fraction of sp³-hybridized carbons (Fsp3) is 0.455. The summed E-state index contributed by atoms with van der Waals surface area (Å²) in [7, 11) is 0. The normalized spacial score (nSPS) is 15.2. The first kappa shape index (κ1) is 19.4. The highest BCUT2D eigenvalue weighted by Crippen LogP contribution is 2.28. The minimum absolute atomic E-state index is 0.0767. The van der Waals surface area contributed by atoms with Gasteiger partial charge in [-0.1, -0.05) is 37.2 Å². The van der Waals surface area contributed by atoms with Crippen LogP contribution >= 0.6 is 0 Å². The summed E-state index contributed by atoms with van der Waals surface area (Å²) in [4.78, 5) is 23.8. The molecule has 0 bridgehead atoms. The van der Waals surface area contributed by atoms with Crippen molar-refractivity contribution < 1.29 is 13.7 Å². The monoisotopic (exact) mass is 394 g/mol. The molecule has 0 atom stereocenters. The molecule has 1 saturated heterocycles. The Morgan fingerprint density at radius 2 is 1.90 bits per heavy atom. The van der Waals surface area contributed by atoms with E-state index in [1.54, 1.807) is 0 Å². The van der Waals surface area contributed by atoms with Gasteiger partial charge in [-0.15, -0.1) is 0 Å². The van der Waals surface area contributed by atoms with E-state index in [1.807, 2.05) is 56.0 Å². The van der Waals surface area contributed by atoms with Crippen molar-refractivity contribution in [2.75, 3.05) is 13.1 Å². The number of nitrogens with zero attached hydrogens (tertiary/aromatic N) is 4. The number of amides is 1. The Labute approximate surface area is 170 Å². The predicted molar refractivity (Wildman–Crippen MR) is 107 cm³/mol. The number of aromatic nitrogens is 3. The van der Waals surface area contributed by atoms with E-state index < -0.39 is 0 Å². The van der Waals surface area contributed by atoms with Crippen molar-refractivity contribution in [3.63, 3.8) is 0 Å². The van der Waals surface area contributed by atoms with E-state index in [-0.39, 0.29) is 24.2 Å². The number of piperidine rings is 1. The zero-order chi connectivity index (χ0) is 20.4. The van der Waals surface area contributed by atoms with Gasteiger partial charge >= 0.3 is 0 Å². The number of hydrogen-bond acceptors (Lipinski definition) is 6. The molecule has 3 aromatic rings. The maximum absolute atomic E-state index is 12.8. The Bertz CT molecular complexity index is 969. The topological polar surface area (TPSA) is 85.3 Å². The second kappa shape index (κ2) is 8.19. The summed E-state index contributed by atoms with van der Waals surface area (Å²) in [5.41, 5.74) is 1.62. The van der Waals surface area contributed by atoms with Crippen LogP contribution in [0.25, 0.3) is 11.5 Å². The van der Waals surface area contributed by atoms with E-state index in [9.17, 15) is 4.79 Å². The summed E-state index contributed by atoms with van der Waals surface area (Å²) in [5.74, 6) is 3.24. The molecule has 7 heteroatoms. The molecule has 0 saturated carbocycles. The fourth-order valence-corrected chi connectivity index (χ4v) is 3.57. The summed E-state index contributed by atoms with van der Waals surface area (Å²) in [6.07, 6.45) is 1.92. The average Bonchev–Trinajstić information content (AvgIpc) is 3.37. The predicted octanol–water partition coefficient (Wildman–Crippen LogP) is 4.11. The highest BCUT2D eigenvalue weighted by Gasteiger charge is 2.28. The number of benzene rings is 1. The summed E-state index contributed by atoms with van der Waals surface area (Å²) in [5, 5.41) is 4.05. The second-order valence-electron chi connectivity index (χ2n) is 7.87. The molecule has 4 rings (SSSR count).